The molecule has 0 atom stereocenters. The van der Waals surface area contributed by atoms with E-state index in [1.807, 2.05) is 25.1 Å². The zero-order chi connectivity index (χ0) is 19.7. The molecular formula is C20H23N3O3S2. The second-order valence-electron chi connectivity index (χ2n) is 6.52. The van der Waals surface area contributed by atoms with Crippen LogP contribution in [0.5, 0.6) is 5.75 Å². The lowest BCUT2D eigenvalue weighted by atomic mass is 10.0. The monoisotopic (exact) mass is 417 g/mol. The fraction of sp³-hybridized carbons (Fsp3) is 0.400. The number of carbonyl (C=O) groups excluding carboxylic acids is 1. The number of hydrogen-bond donors (Lipinski definition) is 1. The smallest absolute Gasteiger partial charge is 0.341 e. The molecule has 0 amide bonds. The van der Waals surface area contributed by atoms with E-state index >= 15 is 0 Å². The van der Waals surface area contributed by atoms with Crippen molar-refractivity contribution in [2.45, 2.75) is 26.8 Å². The van der Waals surface area contributed by atoms with Crippen LogP contribution in [-0.4, -0.2) is 42.7 Å². The van der Waals surface area contributed by atoms with Gasteiger partial charge in [-0.1, -0.05) is 18.3 Å². The summed E-state index contributed by atoms with van der Waals surface area (Å²) in [5, 5.41) is 4.98. The van der Waals surface area contributed by atoms with Crippen molar-refractivity contribution in [3.8, 4) is 5.75 Å². The second kappa shape index (κ2) is 8.06. The number of benzene rings is 1. The predicted molar refractivity (Wildman–Crippen MR) is 114 cm³/mol. The summed E-state index contributed by atoms with van der Waals surface area (Å²) in [7, 11) is 1.66. The zero-order valence-corrected chi connectivity index (χ0v) is 17.8. The van der Waals surface area contributed by atoms with Gasteiger partial charge in [0.25, 0.3) is 0 Å². The van der Waals surface area contributed by atoms with Gasteiger partial charge in [-0.25, -0.2) is 9.78 Å². The molecule has 0 fully saturated rings. The van der Waals surface area contributed by atoms with Gasteiger partial charge in [0.05, 0.1) is 29.5 Å². The highest BCUT2D eigenvalue weighted by molar-refractivity contribution is 7.23. The SMILES string of the molecule is CCOC(=O)c1c(Nc2nc3ccc(OC)cc3s2)sc2c1CCN(CC)C2. The van der Waals surface area contributed by atoms with Crippen molar-refractivity contribution in [1.82, 2.24) is 9.88 Å². The summed E-state index contributed by atoms with van der Waals surface area (Å²) >= 11 is 3.18. The minimum Gasteiger partial charge on any atom is -0.497 e. The number of nitrogens with one attached hydrogen (secondary N) is 1. The topological polar surface area (TPSA) is 63.7 Å². The van der Waals surface area contributed by atoms with Crippen molar-refractivity contribution in [2.75, 3.05) is 32.1 Å². The first-order valence-corrected chi connectivity index (χ1v) is 11.0. The Balaban J connectivity index is 1.70. The number of nitrogens with zero attached hydrogens (tertiary/aromatic N) is 2. The van der Waals surface area contributed by atoms with Crippen LogP contribution >= 0.6 is 22.7 Å². The molecule has 0 saturated carbocycles. The number of aromatic nitrogens is 1. The van der Waals surface area contributed by atoms with Crippen LogP contribution in [0.4, 0.5) is 10.1 Å². The van der Waals surface area contributed by atoms with Crippen LogP contribution in [-0.2, 0) is 17.7 Å². The van der Waals surface area contributed by atoms with E-state index < -0.39 is 0 Å². The van der Waals surface area contributed by atoms with E-state index in [1.165, 1.54) is 4.88 Å². The van der Waals surface area contributed by atoms with Gasteiger partial charge in [-0.05, 0) is 43.7 Å². The normalized spacial score (nSPS) is 14.1. The fourth-order valence-electron chi connectivity index (χ4n) is 3.42. The maximum atomic E-state index is 12.7. The molecule has 1 aliphatic heterocycles. The molecule has 148 valence electrons. The molecule has 1 aromatic carbocycles. The summed E-state index contributed by atoms with van der Waals surface area (Å²) in [6.07, 6.45) is 0.868. The van der Waals surface area contributed by atoms with E-state index in [4.69, 9.17) is 9.47 Å². The molecule has 1 N–H and O–H groups in total. The van der Waals surface area contributed by atoms with Gasteiger partial charge in [0.15, 0.2) is 5.13 Å². The minimum atomic E-state index is -0.254. The first kappa shape index (κ1) is 19.2. The van der Waals surface area contributed by atoms with Gasteiger partial charge in [-0.15, -0.1) is 11.3 Å². The number of thiazole rings is 1. The zero-order valence-electron chi connectivity index (χ0n) is 16.2. The fourth-order valence-corrected chi connectivity index (χ4v) is 5.66. The third-order valence-electron chi connectivity index (χ3n) is 4.88. The van der Waals surface area contributed by atoms with Crippen molar-refractivity contribution in [3.63, 3.8) is 0 Å². The number of anilines is 2. The van der Waals surface area contributed by atoms with E-state index in [0.717, 1.165) is 57.7 Å². The number of hydrogen-bond acceptors (Lipinski definition) is 8. The summed E-state index contributed by atoms with van der Waals surface area (Å²) < 4.78 is 11.7. The van der Waals surface area contributed by atoms with Gasteiger partial charge in [0.1, 0.15) is 10.8 Å². The Hall–Kier alpha value is -2.16. The molecule has 8 heteroatoms. The number of likely N-dealkylation sites (N-methyl/N-ethyl adjacent to an activating group) is 1. The third kappa shape index (κ3) is 3.59. The Morgan fingerprint density at radius 1 is 1.32 bits per heavy atom. The summed E-state index contributed by atoms with van der Waals surface area (Å²) in [6, 6.07) is 5.82. The number of carbonyl (C=O) groups is 1. The maximum Gasteiger partial charge on any atom is 0.341 e. The molecule has 0 bridgehead atoms. The summed E-state index contributed by atoms with van der Waals surface area (Å²) in [4.78, 5) is 21.0. The number of ether oxygens (including phenoxy) is 2. The average Bonchev–Trinajstić information content (AvgIpc) is 3.26. The lowest BCUT2D eigenvalue weighted by Gasteiger charge is -2.25. The number of methoxy groups -OCH3 is 1. The Bertz CT molecular complexity index is 1010. The van der Waals surface area contributed by atoms with Crippen LogP contribution in [0.25, 0.3) is 10.2 Å². The predicted octanol–water partition coefficient (Wildman–Crippen LogP) is 4.66. The van der Waals surface area contributed by atoms with Crippen molar-refractivity contribution in [3.05, 3.63) is 34.2 Å². The average molecular weight is 418 g/mol. The van der Waals surface area contributed by atoms with Gasteiger partial charge in [0.2, 0.25) is 0 Å². The molecular weight excluding hydrogens is 394 g/mol. The van der Waals surface area contributed by atoms with Crippen LogP contribution in [0.15, 0.2) is 18.2 Å². The van der Waals surface area contributed by atoms with Crippen molar-refractivity contribution in [1.29, 1.82) is 0 Å². The van der Waals surface area contributed by atoms with E-state index in [-0.39, 0.29) is 5.97 Å². The van der Waals surface area contributed by atoms with Gasteiger partial charge in [-0.3, -0.25) is 4.90 Å². The molecule has 0 saturated heterocycles. The highest BCUT2D eigenvalue weighted by atomic mass is 32.1. The maximum absolute atomic E-state index is 12.7. The molecule has 3 heterocycles. The second-order valence-corrected chi connectivity index (χ2v) is 8.66. The first-order chi connectivity index (χ1) is 13.6. The molecule has 6 nitrogen and oxygen atoms in total. The molecule has 4 rings (SSSR count). The molecule has 0 radical (unpaired) electrons. The largest absolute Gasteiger partial charge is 0.497 e. The van der Waals surface area contributed by atoms with Gasteiger partial charge in [-0.2, -0.15) is 0 Å². The lowest BCUT2D eigenvalue weighted by molar-refractivity contribution is 0.0526. The molecule has 28 heavy (non-hydrogen) atoms. The molecule has 3 aromatic rings. The Kier molecular flexibility index (Phi) is 5.52. The number of rotatable bonds is 6. The van der Waals surface area contributed by atoms with Crippen molar-refractivity contribution in [2.24, 2.45) is 0 Å². The quantitative estimate of drug-likeness (QED) is 0.588. The van der Waals surface area contributed by atoms with Crippen molar-refractivity contribution >= 4 is 49.0 Å². The van der Waals surface area contributed by atoms with Crippen LogP contribution in [0.2, 0.25) is 0 Å². The summed E-state index contributed by atoms with van der Waals surface area (Å²) in [6.45, 7) is 7.22. The summed E-state index contributed by atoms with van der Waals surface area (Å²) in [5.74, 6) is 0.552. The molecule has 2 aromatic heterocycles. The van der Waals surface area contributed by atoms with Gasteiger partial charge in [0, 0.05) is 18.0 Å². The standard InChI is InChI=1S/C20H23N3O3S2/c1-4-23-9-8-13-16(11-23)27-18(17(13)19(24)26-5-2)22-20-21-14-7-6-12(25-3)10-15(14)28-20/h6-7,10H,4-5,8-9,11H2,1-3H3,(H,21,22). The van der Waals surface area contributed by atoms with E-state index in [1.54, 1.807) is 29.8 Å². The lowest BCUT2D eigenvalue weighted by Crippen LogP contribution is -2.30. The van der Waals surface area contributed by atoms with E-state index in [2.05, 4.69) is 22.1 Å². The Labute approximate surface area is 172 Å². The number of esters is 1. The molecule has 1 aliphatic rings. The highest BCUT2D eigenvalue weighted by Gasteiger charge is 2.28. The van der Waals surface area contributed by atoms with Crippen LogP contribution in [0.3, 0.4) is 0 Å². The Morgan fingerprint density at radius 3 is 2.93 bits per heavy atom. The third-order valence-corrected chi connectivity index (χ3v) is 6.94. The number of fused-ring (bicyclic) bond motifs is 2. The van der Waals surface area contributed by atoms with Crippen LogP contribution < -0.4 is 10.1 Å². The van der Waals surface area contributed by atoms with Crippen LogP contribution in [0, 0.1) is 0 Å². The summed E-state index contributed by atoms with van der Waals surface area (Å²) in [5.41, 5.74) is 2.71. The molecule has 0 spiro atoms. The van der Waals surface area contributed by atoms with Gasteiger partial charge < -0.3 is 14.8 Å². The highest BCUT2D eigenvalue weighted by Crippen LogP contribution is 2.40. The minimum absolute atomic E-state index is 0.254. The van der Waals surface area contributed by atoms with Gasteiger partial charge >= 0.3 is 5.97 Å². The van der Waals surface area contributed by atoms with Crippen molar-refractivity contribution < 1.29 is 14.3 Å². The number of thiophene rings is 1. The van der Waals surface area contributed by atoms with Crippen LogP contribution in [0.1, 0.15) is 34.6 Å². The molecule has 0 aliphatic carbocycles. The Morgan fingerprint density at radius 2 is 2.18 bits per heavy atom. The first-order valence-electron chi connectivity index (χ1n) is 9.38. The van der Waals surface area contributed by atoms with E-state index in [0.29, 0.717) is 12.2 Å². The van der Waals surface area contributed by atoms with E-state index in [9.17, 15) is 4.79 Å². The molecule has 0 unspecified atom stereocenters.